The van der Waals surface area contributed by atoms with Gasteiger partial charge in [0, 0.05) is 12.6 Å². The van der Waals surface area contributed by atoms with Crippen LogP contribution in [0.2, 0.25) is 0 Å². The molecule has 0 bridgehead atoms. The van der Waals surface area contributed by atoms with Crippen LogP contribution in [0.4, 0.5) is 0 Å². The molecular formula is C12H21N3O4. The number of nitrogens with one attached hydrogen (secondary N) is 1. The van der Waals surface area contributed by atoms with Gasteiger partial charge in [-0.3, -0.25) is 9.59 Å². The molecular weight excluding hydrogens is 250 g/mol. The molecule has 108 valence electrons. The lowest BCUT2D eigenvalue weighted by Crippen LogP contribution is -2.20. The molecule has 19 heavy (non-hydrogen) atoms. The highest BCUT2D eigenvalue weighted by Gasteiger charge is 2.24. The summed E-state index contributed by atoms with van der Waals surface area (Å²) < 4.78 is 0. The fourth-order valence-corrected chi connectivity index (χ4v) is 1.46. The SMILES string of the molecule is CC(C)(CC(=O)O)CC(=O)O.NCCc1c[nH]cn1. The molecule has 0 amide bonds. The van der Waals surface area contributed by atoms with Crippen LogP contribution in [0.1, 0.15) is 32.4 Å². The van der Waals surface area contributed by atoms with Crippen LogP contribution in [-0.2, 0) is 16.0 Å². The fourth-order valence-electron chi connectivity index (χ4n) is 1.46. The van der Waals surface area contributed by atoms with E-state index >= 15 is 0 Å². The number of rotatable bonds is 6. The topological polar surface area (TPSA) is 129 Å². The molecule has 0 saturated heterocycles. The molecule has 7 heteroatoms. The number of aromatic nitrogens is 2. The Morgan fingerprint density at radius 3 is 2.16 bits per heavy atom. The van der Waals surface area contributed by atoms with Crippen molar-refractivity contribution in [3.05, 3.63) is 18.2 Å². The summed E-state index contributed by atoms with van der Waals surface area (Å²) >= 11 is 0. The maximum absolute atomic E-state index is 10.2. The van der Waals surface area contributed by atoms with Gasteiger partial charge >= 0.3 is 11.9 Å². The molecule has 1 aromatic heterocycles. The largest absolute Gasteiger partial charge is 0.481 e. The third-order valence-electron chi connectivity index (χ3n) is 2.21. The molecule has 0 atom stereocenters. The second kappa shape index (κ2) is 8.25. The number of carboxylic acid groups (broad SMARTS) is 2. The third-order valence-corrected chi connectivity index (χ3v) is 2.21. The number of aromatic amines is 1. The van der Waals surface area contributed by atoms with Gasteiger partial charge in [-0.25, -0.2) is 4.98 Å². The van der Waals surface area contributed by atoms with Crippen LogP contribution in [0, 0.1) is 5.41 Å². The van der Waals surface area contributed by atoms with Gasteiger partial charge < -0.3 is 20.9 Å². The smallest absolute Gasteiger partial charge is 0.303 e. The number of carboxylic acids is 2. The summed E-state index contributed by atoms with van der Waals surface area (Å²) in [6.45, 7) is 3.91. The van der Waals surface area contributed by atoms with Crippen LogP contribution in [0.3, 0.4) is 0 Å². The number of nitrogens with zero attached hydrogens (tertiary/aromatic N) is 1. The van der Waals surface area contributed by atoms with Gasteiger partial charge in [0.15, 0.2) is 0 Å². The lowest BCUT2D eigenvalue weighted by Gasteiger charge is -2.18. The summed E-state index contributed by atoms with van der Waals surface area (Å²) in [6.07, 6.45) is 4.15. The third kappa shape index (κ3) is 9.78. The summed E-state index contributed by atoms with van der Waals surface area (Å²) in [5.74, 6) is -1.92. The highest BCUT2D eigenvalue weighted by Crippen LogP contribution is 2.24. The van der Waals surface area contributed by atoms with Crippen molar-refractivity contribution >= 4 is 11.9 Å². The van der Waals surface area contributed by atoms with Gasteiger partial charge in [-0.2, -0.15) is 0 Å². The summed E-state index contributed by atoms with van der Waals surface area (Å²) in [7, 11) is 0. The average molecular weight is 271 g/mol. The Kier molecular flexibility index (Phi) is 7.43. The van der Waals surface area contributed by atoms with Crippen molar-refractivity contribution in [3.63, 3.8) is 0 Å². The zero-order valence-corrected chi connectivity index (χ0v) is 11.2. The monoisotopic (exact) mass is 271 g/mol. The minimum Gasteiger partial charge on any atom is -0.481 e. The molecule has 0 spiro atoms. The molecule has 0 aromatic carbocycles. The summed E-state index contributed by atoms with van der Waals surface area (Å²) in [5, 5.41) is 16.7. The quantitative estimate of drug-likeness (QED) is 0.607. The van der Waals surface area contributed by atoms with Crippen molar-refractivity contribution < 1.29 is 19.8 Å². The Labute approximate surface area is 111 Å². The molecule has 0 aliphatic carbocycles. The van der Waals surface area contributed by atoms with Gasteiger partial charge in [0.05, 0.1) is 24.9 Å². The first-order valence-corrected chi connectivity index (χ1v) is 5.88. The lowest BCUT2D eigenvalue weighted by molar-refractivity contribution is -0.142. The van der Waals surface area contributed by atoms with Gasteiger partial charge in [0.25, 0.3) is 0 Å². The second-order valence-corrected chi connectivity index (χ2v) is 4.90. The minimum absolute atomic E-state index is 0.112. The Bertz CT molecular complexity index is 370. The molecule has 7 nitrogen and oxygen atoms in total. The number of aliphatic carboxylic acids is 2. The van der Waals surface area contributed by atoms with E-state index in [9.17, 15) is 9.59 Å². The van der Waals surface area contributed by atoms with Crippen molar-refractivity contribution in [2.75, 3.05) is 6.54 Å². The average Bonchev–Trinajstić information content (AvgIpc) is 2.67. The standard InChI is InChI=1S/C7H12O4.C5H9N3/c1-7(2,3-5(8)9)4-6(10)11;6-2-1-5-3-7-4-8-5/h3-4H2,1-2H3,(H,8,9)(H,10,11);3-4H,1-2,6H2,(H,7,8). The van der Waals surface area contributed by atoms with E-state index in [1.165, 1.54) is 0 Å². The first kappa shape index (κ1) is 17.1. The number of H-pyrrole nitrogens is 1. The first-order chi connectivity index (χ1) is 8.76. The second-order valence-electron chi connectivity index (χ2n) is 4.90. The Morgan fingerprint density at radius 1 is 1.32 bits per heavy atom. The Hall–Kier alpha value is -1.89. The van der Waals surface area contributed by atoms with E-state index in [0.29, 0.717) is 6.54 Å². The van der Waals surface area contributed by atoms with E-state index in [4.69, 9.17) is 15.9 Å². The number of nitrogens with two attached hydrogens (primary N) is 1. The molecule has 5 N–H and O–H groups in total. The van der Waals surface area contributed by atoms with E-state index < -0.39 is 17.4 Å². The molecule has 1 aromatic rings. The molecule has 0 radical (unpaired) electrons. The Morgan fingerprint density at radius 2 is 1.84 bits per heavy atom. The predicted molar refractivity (Wildman–Crippen MR) is 69.6 cm³/mol. The van der Waals surface area contributed by atoms with Crippen molar-refractivity contribution in [3.8, 4) is 0 Å². The van der Waals surface area contributed by atoms with Crippen LogP contribution in [0.5, 0.6) is 0 Å². The summed E-state index contributed by atoms with van der Waals surface area (Å²) in [5.41, 5.74) is 5.65. The van der Waals surface area contributed by atoms with E-state index in [1.54, 1.807) is 20.2 Å². The number of imidazole rings is 1. The summed E-state index contributed by atoms with van der Waals surface area (Å²) in [6, 6.07) is 0. The molecule has 1 heterocycles. The highest BCUT2D eigenvalue weighted by molar-refractivity contribution is 5.71. The highest BCUT2D eigenvalue weighted by atomic mass is 16.4. The zero-order valence-electron chi connectivity index (χ0n) is 11.2. The van der Waals surface area contributed by atoms with Crippen molar-refractivity contribution in [2.24, 2.45) is 11.1 Å². The number of carbonyl (C=O) groups is 2. The van der Waals surface area contributed by atoms with Crippen molar-refractivity contribution in [1.82, 2.24) is 9.97 Å². The van der Waals surface area contributed by atoms with E-state index in [-0.39, 0.29) is 12.8 Å². The summed E-state index contributed by atoms with van der Waals surface area (Å²) in [4.78, 5) is 27.2. The van der Waals surface area contributed by atoms with Gasteiger partial charge in [-0.05, 0) is 12.0 Å². The van der Waals surface area contributed by atoms with Gasteiger partial charge in [0.1, 0.15) is 0 Å². The molecule has 1 rings (SSSR count). The molecule has 0 aliphatic rings. The van der Waals surface area contributed by atoms with Crippen LogP contribution in [0.15, 0.2) is 12.5 Å². The van der Waals surface area contributed by atoms with Crippen LogP contribution < -0.4 is 5.73 Å². The van der Waals surface area contributed by atoms with Crippen LogP contribution in [0.25, 0.3) is 0 Å². The first-order valence-electron chi connectivity index (χ1n) is 5.88. The maximum atomic E-state index is 10.2. The van der Waals surface area contributed by atoms with E-state index in [2.05, 4.69) is 9.97 Å². The fraction of sp³-hybridized carbons (Fsp3) is 0.583. The predicted octanol–water partition coefficient (Wildman–Crippen LogP) is 0.873. The number of hydrogen-bond donors (Lipinski definition) is 4. The van der Waals surface area contributed by atoms with E-state index in [1.807, 2.05) is 6.20 Å². The molecule has 0 unspecified atom stereocenters. The van der Waals surface area contributed by atoms with Crippen LogP contribution in [-0.4, -0.2) is 38.7 Å². The zero-order chi connectivity index (χ0) is 14.9. The molecule has 0 aliphatic heterocycles. The van der Waals surface area contributed by atoms with Gasteiger partial charge in [-0.1, -0.05) is 13.8 Å². The lowest BCUT2D eigenvalue weighted by atomic mass is 9.86. The Balaban J connectivity index is 0.000000356. The van der Waals surface area contributed by atoms with Gasteiger partial charge in [-0.15, -0.1) is 0 Å². The number of hydrogen-bond acceptors (Lipinski definition) is 4. The minimum atomic E-state index is -0.962. The molecule has 0 fully saturated rings. The van der Waals surface area contributed by atoms with Crippen molar-refractivity contribution in [2.45, 2.75) is 33.1 Å². The normalized spacial score (nSPS) is 10.5. The van der Waals surface area contributed by atoms with Gasteiger partial charge in [0.2, 0.25) is 0 Å². The van der Waals surface area contributed by atoms with Crippen LogP contribution >= 0.6 is 0 Å². The maximum Gasteiger partial charge on any atom is 0.303 e. The molecule has 0 saturated carbocycles. The van der Waals surface area contributed by atoms with E-state index in [0.717, 1.165) is 12.1 Å². The van der Waals surface area contributed by atoms with Crippen molar-refractivity contribution in [1.29, 1.82) is 0 Å².